The van der Waals surface area contributed by atoms with Crippen molar-refractivity contribution in [1.29, 1.82) is 0 Å². The summed E-state index contributed by atoms with van der Waals surface area (Å²) < 4.78 is 12.5. The van der Waals surface area contributed by atoms with Gasteiger partial charge in [-0.05, 0) is 63.5 Å². The van der Waals surface area contributed by atoms with Crippen molar-refractivity contribution in [3.05, 3.63) is 17.8 Å². The summed E-state index contributed by atoms with van der Waals surface area (Å²) in [7, 11) is 3.05. The van der Waals surface area contributed by atoms with Crippen LogP contribution in [0, 0.1) is 18.8 Å². The van der Waals surface area contributed by atoms with E-state index in [1.165, 1.54) is 11.8 Å². The van der Waals surface area contributed by atoms with Gasteiger partial charge in [-0.2, -0.15) is 0 Å². The second-order valence-corrected chi connectivity index (χ2v) is 9.09. The van der Waals surface area contributed by atoms with E-state index in [1.54, 1.807) is 19.2 Å². The standard InChI is InChI=1S/C23H31N7O5/c1-13-18(35-16-6-4-5-15(12-16)22(32)34-3)10-9-17(24-13)20-21(30(2)29-27-20)25-23(33)28-26-19(31)11-14-7-8-14/h9-10,14-16H,4-8,11-12H2,1-3H3,(H,26,31)(H2,25,28,33)/t15-,16-/m0/s1. The molecule has 0 aliphatic heterocycles. The Balaban J connectivity index is 1.39. The topological polar surface area (TPSA) is 149 Å². The quantitative estimate of drug-likeness (QED) is 0.399. The molecule has 2 saturated carbocycles. The van der Waals surface area contributed by atoms with Gasteiger partial charge in [0.2, 0.25) is 5.91 Å². The molecule has 35 heavy (non-hydrogen) atoms. The smallest absolute Gasteiger partial charge is 0.339 e. The zero-order valence-electron chi connectivity index (χ0n) is 20.2. The normalized spacial score (nSPS) is 19.5. The molecule has 2 aromatic heterocycles. The summed E-state index contributed by atoms with van der Waals surface area (Å²) in [6.07, 6.45) is 5.59. The summed E-state index contributed by atoms with van der Waals surface area (Å²) in [5.41, 5.74) is 6.29. The van der Waals surface area contributed by atoms with E-state index in [-0.39, 0.29) is 23.9 Å². The van der Waals surface area contributed by atoms with Gasteiger partial charge in [0.1, 0.15) is 5.75 Å². The number of anilines is 1. The van der Waals surface area contributed by atoms with E-state index >= 15 is 0 Å². The first-order valence-corrected chi connectivity index (χ1v) is 11.8. The molecule has 188 valence electrons. The van der Waals surface area contributed by atoms with Crippen LogP contribution in [0.2, 0.25) is 0 Å². The molecule has 0 spiro atoms. The van der Waals surface area contributed by atoms with Crippen LogP contribution >= 0.6 is 0 Å². The van der Waals surface area contributed by atoms with E-state index in [2.05, 4.69) is 31.5 Å². The van der Waals surface area contributed by atoms with Crippen molar-refractivity contribution >= 4 is 23.7 Å². The maximum atomic E-state index is 12.3. The number of hydrazine groups is 1. The second-order valence-electron chi connectivity index (χ2n) is 9.09. The van der Waals surface area contributed by atoms with Crippen molar-refractivity contribution in [1.82, 2.24) is 30.8 Å². The van der Waals surface area contributed by atoms with Gasteiger partial charge in [-0.15, -0.1) is 5.10 Å². The lowest BCUT2D eigenvalue weighted by Gasteiger charge is -2.28. The summed E-state index contributed by atoms with van der Waals surface area (Å²) in [6.45, 7) is 1.82. The van der Waals surface area contributed by atoms with Crippen LogP contribution < -0.4 is 20.9 Å². The summed E-state index contributed by atoms with van der Waals surface area (Å²) in [5, 5.41) is 10.8. The summed E-state index contributed by atoms with van der Waals surface area (Å²) in [4.78, 5) is 40.6. The minimum absolute atomic E-state index is 0.0910. The Hall–Kier alpha value is -3.70. The number of aryl methyl sites for hydroxylation is 2. The Morgan fingerprint density at radius 1 is 1.14 bits per heavy atom. The fourth-order valence-corrected chi connectivity index (χ4v) is 4.19. The average molecular weight is 486 g/mol. The summed E-state index contributed by atoms with van der Waals surface area (Å²) in [6, 6.07) is 2.93. The lowest BCUT2D eigenvalue weighted by Crippen LogP contribution is -2.44. The fourth-order valence-electron chi connectivity index (χ4n) is 4.19. The highest BCUT2D eigenvalue weighted by molar-refractivity contribution is 5.93. The van der Waals surface area contributed by atoms with E-state index < -0.39 is 6.03 Å². The Kier molecular flexibility index (Phi) is 7.47. The third kappa shape index (κ3) is 6.25. The molecule has 4 rings (SSSR count). The minimum atomic E-state index is -0.616. The first-order valence-electron chi connectivity index (χ1n) is 11.8. The molecule has 0 saturated heterocycles. The van der Waals surface area contributed by atoms with Crippen molar-refractivity contribution in [3.63, 3.8) is 0 Å². The average Bonchev–Trinajstić information content (AvgIpc) is 3.59. The van der Waals surface area contributed by atoms with Gasteiger partial charge in [0, 0.05) is 13.5 Å². The first-order chi connectivity index (χ1) is 16.8. The van der Waals surface area contributed by atoms with E-state index in [4.69, 9.17) is 9.47 Å². The molecule has 2 heterocycles. The molecule has 12 heteroatoms. The van der Waals surface area contributed by atoms with Gasteiger partial charge >= 0.3 is 12.0 Å². The number of carbonyl (C=O) groups is 3. The molecule has 2 atom stereocenters. The molecule has 3 N–H and O–H groups in total. The highest BCUT2D eigenvalue weighted by atomic mass is 16.5. The number of nitrogens with one attached hydrogen (secondary N) is 3. The van der Waals surface area contributed by atoms with Gasteiger partial charge < -0.3 is 9.47 Å². The molecule has 0 unspecified atom stereocenters. The minimum Gasteiger partial charge on any atom is -0.489 e. The molecule has 0 radical (unpaired) electrons. The zero-order chi connectivity index (χ0) is 24.9. The molecular weight excluding hydrogens is 454 g/mol. The van der Waals surface area contributed by atoms with Crippen LogP contribution in [0.25, 0.3) is 11.4 Å². The number of nitrogens with zero attached hydrogens (tertiary/aromatic N) is 4. The van der Waals surface area contributed by atoms with Gasteiger partial charge in [0.15, 0.2) is 11.5 Å². The van der Waals surface area contributed by atoms with Crippen molar-refractivity contribution in [2.24, 2.45) is 18.9 Å². The number of urea groups is 1. The zero-order valence-corrected chi connectivity index (χ0v) is 20.2. The summed E-state index contributed by atoms with van der Waals surface area (Å²) in [5.74, 6) is 0.796. The number of ether oxygens (including phenoxy) is 2. The molecule has 2 aliphatic rings. The highest BCUT2D eigenvalue weighted by Crippen LogP contribution is 2.32. The van der Waals surface area contributed by atoms with Crippen LogP contribution in [0.1, 0.15) is 50.6 Å². The molecule has 2 aromatic rings. The number of carbonyl (C=O) groups excluding carboxylic acids is 3. The maximum Gasteiger partial charge on any atom is 0.339 e. The number of hydrogen-bond donors (Lipinski definition) is 3. The highest BCUT2D eigenvalue weighted by Gasteiger charge is 2.29. The van der Waals surface area contributed by atoms with Gasteiger partial charge in [-0.1, -0.05) is 5.21 Å². The van der Waals surface area contributed by atoms with Gasteiger partial charge in [0.25, 0.3) is 0 Å². The predicted octanol–water partition coefficient (Wildman–Crippen LogP) is 2.25. The van der Waals surface area contributed by atoms with E-state index in [0.29, 0.717) is 47.4 Å². The van der Waals surface area contributed by atoms with Crippen LogP contribution in [0.3, 0.4) is 0 Å². The number of rotatable bonds is 7. The number of esters is 1. The monoisotopic (exact) mass is 485 g/mol. The van der Waals surface area contributed by atoms with Crippen molar-refractivity contribution < 1.29 is 23.9 Å². The Morgan fingerprint density at radius 3 is 2.66 bits per heavy atom. The Labute approximate surface area is 203 Å². The lowest BCUT2D eigenvalue weighted by molar-refractivity contribution is -0.147. The molecule has 0 bridgehead atoms. The van der Waals surface area contributed by atoms with E-state index in [1.807, 2.05) is 6.92 Å². The number of methoxy groups -OCH3 is 1. The first kappa shape index (κ1) is 24.4. The van der Waals surface area contributed by atoms with Crippen molar-refractivity contribution in [2.45, 2.75) is 58.0 Å². The predicted molar refractivity (Wildman–Crippen MR) is 125 cm³/mol. The number of aromatic nitrogens is 4. The molecule has 2 aliphatic carbocycles. The van der Waals surface area contributed by atoms with E-state index in [9.17, 15) is 14.4 Å². The van der Waals surface area contributed by atoms with Crippen LogP contribution in [0.15, 0.2) is 12.1 Å². The van der Waals surface area contributed by atoms with Gasteiger partial charge in [0.05, 0.1) is 30.5 Å². The third-order valence-electron chi connectivity index (χ3n) is 6.28. The Morgan fingerprint density at radius 2 is 1.94 bits per heavy atom. The van der Waals surface area contributed by atoms with Crippen LogP contribution in [0.4, 0.5) is 10.6 Å². The lowest BCUT2D eigenvalue weighted by atomic mass is 9.87. The molecule has 0 aromatic carbocycles. The van der Waals surface area contributed by atoms with Crippen molar-refractivity contribution in [3.8, 4) is 17.1 Å². The Bertz CT molecular complexity index is 1100. The fraction of sp³-hybridized carbons (Fsp3) is 0.565. The summed E-state index contributed by atoms with van der Waals surface area (Å²) >= 11 is 0. The van der Waals surface area contributed by atoms with Gasteiger partial charge in [-0.3, -0.25) is 20.3 Å². The van der Waals surface area contributed by atoms with E-state index in [0.717, 1.165) is 32.1 Å². The number of hydrogen-bond acceptors (Lipinski definition) is 8. The largest absolute Gasteiger partial charge is 0.489 e. The number of amides is 3. The van der Waals surface area contributed by atoms with Crippen LogP contribution in [-0.4, -0.2) is 51.1 Å². The van der Waals surface area contributed by atoms with Crippen molar-refractivity contribution in [2.75, 3.05) is 12.4 Å². The van der Waals surface area contributed by atoms with Crippen LogP contribution in [0.5, 0.6) is 5.75 Å². The molecule has 12 nitrogen and oxygen atoms in total. The van der Waals surface area contributed by atoms with Gasteiger partial charge in [-0.25, -0.2) is 19.9 Å². The second kappa shape index (κ2) is 10.7. The third-order valence-corrected chi connectivity index (χ3v) is 6.28. The molecule has 3 amide bonds. The SMILES string of the molecule is COC(=O)[C@H]1CCC[C@H](Oc2ccc(-c3nnn(C)c3NC(=O)NNC(=O)CC3CC3)nc2C)C1. The molecule has 2 fully saturated rings. The number of pyridine rings is 1. The molecular formula is C23H31N7O5. The maximum absolute atomic E-state index is 12.3. The van der Waals surface area contributed by atoms with Crippen LogP contribution in [-0.2, 0) is 21.4 Å².